The zero-order chi connectivity index (χ0) is 10.7. The lowest BCUT2D eigenvalue weighted by molar-refractivity contribution is 0.638. The summed E-state index contributed by atoms with van der Waals surface area (Å²) in [7, 11) is 0. The molecule has 3 N–H and O–H groups in total. The van der Waals surface area contributed by atoms with Crippen LogP contribution < -0.4 is 11.3 Å². The largest absolute Gasteiger partial charge is 0.271 e. The Hall–Kier alpha value is -0.940. The number of halogens is 1. The number of rotatable bonds is 3. The summed E-state index contributed by atoms with van der Waals surface area (Å²) in [5.74, 6) is 5.54. The van der Waals surface area contributed by atoms with Gasteiger partial charge < -0.3 is 0 Å². The minimum Gasteiger partial charge on any atom is -0.271 e. The molecule has 15 heavy (non-hydrogen) atoms. The SMILES string of the molecule is NNC(c1ccsc1)c1ccncc1Cl. The molecule has 1 atom stereocenters. The zero-order valence-electron chi connectivity index (χ0n) is 7.85. The first-order valence-electron chi connectivity index (χ1n) is 4.40. The summed E-state index contributed by atoms with van der Waals surface area (Å²) in [6.07, 6.45) is 3.32. The van der Waals surface area contributed by atoms with Crippen LogP contribution in [0, 0.1) is 0 Å². The molecular weight excluding hydrogens is 230 g/mol. The first-order valence-corrected chi connectivity index (χ1v) is 5.72. The van der Waals surface area contributed by atoms with E-state index in [2.05, 4.69) is 10.4 Å². The molecule has 5 heteroatoms. The predicted octanol–water partition coefficient (Wildman–Crippen LogP) is 2.35. The maximum Gasteiger partial charge on any atom is 0.0733 e. The summed E-state index contributed by atoms with van der Waals surface area (Å²) in [6.45, 7) is 0. The Morgan fingerprint density at radius 3 is 2.93 bits per heavy atom. The molecule has 3 nitrogen and oxygen atoms in total. The van der Waals surface area contributed by atoms with Crippen LogP contribution in [0.4, 0.5) is 0 Å². The van der Waals surface area contributed by atoms with Crippen molar-refractivity contribution in [1.29, 1.82) is 0 Å². The second kappa shape index (κ2) is 4.72. The molecule has 0 saturated heterocycles. The number of hydrogen-bond donors (Lipinski definition) is 2. The van der Waals surface area contributed by atoms with E-state index >= 15 is 0 Å². The van der Waals surface area contributed by atoms with Crippen molar-refractivity contribution in [2.24, 2.45) is 5.84 Å². The average Bonchev–Trinajstić information content (AvgIpc) is 2.75. The molecule has 0 aromatic carbocycles. The van der Waals surface area contributed by atoms with E-state index in [0.717, 1.165) is 11.1 Å². The van der Waals surface area contributed by atoms with Crippen LogP contribution in [-0.2, 0) is 0 Å². The molecule has 0 saturated carbocycles. The van der Waals surface area contributed by atoms with Gasteiger partial charge in [0, 0.05) is 12.4 Å². The summed E-state index contributed by atoms with van der Waals surface area (Å²) >= 11 is 7.69. The number of nitrogens with one attached hydrogen (secondary N) is 1. The van der Waals surface area contributed by atoms with Crippen molar-refractivity contribution in [3.8, 4) is 0 Å². The van der Waals surface area contributed by atoms with E-state index in [1.165, 1.54) is 0 Å². The molecule has 0 aliphatic carbocycles. The molecule has 0 bridgehead atoms. The van der Waals surface area contributed by atoms with Gasteiger partial charge in [0.25, 0.3) is 0 Å². The highest BCUT2D eigenvalue weighted by Gasteiger charge is 2.15. The maximum atomic E-state index is 6.06. The molecule has 0 spiro atoms. The Morgan fingerprint density at radius 1 is 1.47 bits per heavy atom. The van der Waals surface area contributed by atoms with Crippen molar-refractivity contribution in [3.05, 3.63) is 51.4 Å². The zero-order valence-corrected chi connectivity index (χ0v) is 9.42. The van der Waals surface area contributed by atoms with Crippen LogP contribution in [0.5, 0.6) is 0 Å². The maximum absolute atomic E-state index is 6.06. The van der Waals surface area contributed by atoms with Gasteiger partial charge in [0.2, 0.25) is 0 Å². The van der Waals surface area contributed by atoms with E-state index < -0.39 is 0 Å². The quantitative estimate of drug-likeness (QED) is 0.639. The average molecular weight is 240 g/mol. The predicted molar refractivity (Wildman–Crippen MR) is 62.7 cm³/mol. The van der Waals surface area contributed by atoms with Crippen LogP contribution in [0.25, 0.3) is 0 Å². The van der Waals surface area contributed by atoms with Crippen LogP contribution in [0.1, 0.15) is 17.2 Å². The number of aromatic nitrogens is 1. The van der Waals surface area contributed by atoms with Crippen LogP contribution >= 0.6 is 22.9 Å². The molecule has 78 valence electrons. The second-order valence-electron chi connectivity index (χ2n) is 3.05. The molecule has 2 aromatic heterocycles. The van der Waals surface area contributed by atoms with Gasteiger partial charge in [-0.1, -0.05) is 11.6 Å². The van der Waals surface area contributed by atoms with Gasteiger partial charge in [0.15, 0.2) is 0 Å². The van der Waals surface area contributed by atoms with Gasteiger partial charge in [-0.25, -0.2) is 5.43 Å². The first-order chi connectivity index (χ1) is 7.33. The molecule has 2 aromatic rings. The number of hydrogen-bond acceptors (Lipinski definition) is 4. The highest BCUT2D eigenvalue weighted by atomic mass is 35.5. The summed E-state index contributed by atoms with van der Waals surface area (Å²) in [5, 5.41) is 4.67. The van der Waals surface area contributed by atoms with Crippen LogP contribution in [0.15, 0.2) is 35.3 Å². The molecule has 0 aliphatic heterocycles. The fourth-order valence-electron chi connectivity index (χ4n) is 1.42. The molecule has 0 amide bonds. The second-order valence-corrected chi connectivity index (χ2v) is 4.24. The minimum absolute atomic E-state index is 0.0771. The van der Waals surface area contributed by atoms with E-state index in [1.807, 2.05) is 22.9 Å². The third-order valence-corrected chi connectivity index (χ3v) is 3.18. The number of hydrazine groups is 1. The van der Waals surface area contributed by atoms with Gasteiger partial charge in [-0.05, 0) is 34.0 Å². The van der Waals surface area contributed by atoms with Gasteiger partial charge in [0.1, 0.15) is 0 Å². The Kier molecular flexibility index (Phi) is 3.33. The number of nitrogens with two attached hydrogens (primary N) is 1. The molecule has 0 fully saturated rings. The fourth-order valence-corrected chi connectivity index (χ4v) is 2.34. The van der Waals surface area contributed by atoms with Crippen LogP contribution in [-0.4, -0.2) is 4.98 Å². The lowest BCUT2D eigenvalue weighted by Gasteiger charge is -2.15. The van der Waals surface area contributed by atoms with Crippen LogP contribution in [0.3, 0.4) is 0 Å². The van der Waals surface area contributed by atoms with Crippen molar-refractivity contribution >= 4 is 22.9 Å². The Labute approximate surface area is 96.9 Å². The monoisotopic (exact) mass is 239 g/mol. The van der Waals surface area contributed by atoms with E-state index in [1.54, 1.807) is 23.7 Å². The standard InChI is InChI=1S/C10H10ClN3S/c11-9-5-13-3-1-8(9)10(14-12)7-2-4-15-6-7/h1-6,10,14H,12H2. The third-order valence-electron chi connectivity index (χ3n) is 2.16. The molecular formula is C10H10ClN3S. The van der Waals surface area contributed by atoms with Crippen molar-refractivity contribution in [2.75, 3.05) is 0 Å². The normalized spacial score (nSPS) is 12.7. The van der Waals surface area contributed by atoms with Crippen molar-refractivity contribution in [1.82, 2.24) is 10.4 Å². The highest BCUT2D eigenvalue weighted by molar-refractivity contribution is 7.08. The molecule has 2 heterocycles. The Balaban J connectivity index is 2.40. The Morgan fingerprint density at radius 2 is 2.33 bits per heavy atom. The van der Waals surface area contributed by atoms with Crippen molar-refractivity contribution in [3.63, 3.8) is 0 Å². The summed E-state index contributed by atoms with van der Waals surface area (Å²) < 4.78 is 0. The fraction of sp³-hybridized carbons (Fsp3) is 0.100. The summed E-state index contributed by atoms with van der Waals surface area (Å²) in [4.78, 5) is 3.95. The van der Waals surface area contributed by atoms with Gasteiger partial charge in [-0.2, -0.15) is 11.3 Å². The summed E-state index contributed by atoms with van der Waals surface area (Å²) in [5.41, 5.74) is 4.80. The van der Waals surface area contributed by atoms with E-state index in [9.17, 15) is 0 Å². The van der Waals surface area contributed by atoms with Gasteiger partial charge >= 0.3 is 0 Å². The van der Waals surface area contributed by atoms with Crippen molar-refractivity contribution < 1.29 is 0 Å². The summed E-state index contributed by atoms with van der Waals surface area (Å²) in [6, 6.07) is 3.81. The molecule has 0 radical (unpaired) electrons. The lowest BCUT2D eigenvalue weighted by atomic mass is 10.0. The minimum atomic E-state index is -0.0771. The highest BCUT2D eigenvalue weighted by Crippen LogP contribution is 2.27. The molecule has 1 unspecified atom stereocenters. The van der Waals surface area contributed by atoms with E-state index in [-0.39, 0.29) is 6.04 Å². The van der Waals surface area contributed by atoms with Crippen molar-refractivity contribution in [2.45, 2.75) is 6.04 Å². The topological polar surface area (TPSA) is 50.9 Å². The van der Waals surface area contributed by atoms with Crippen LogP contribution in [0.2, 0.25) is 5.02 Å². The third kappa shape index (κ3) is 2.18. The van der Waals surface area contributed by atoms with Gasteiger partial charge in [0.05, 0.1) is 11.1 Å². The lowest BCUT2D eigenvalue weighted by Crippen LogP contribution is -2.28. The number of nitrogens with zero attached hydrogens (tertiary/aromatic N) is 1. The number of thiophene rings is 1. The Bertz CT molecular complexity index is 430. The van der Waals surface area contributed by atoms with E-state index in [4.69, 9.17) is 17.4 Å². The smallest absolute Gasteiger partial charge is 0.0733 e. The molecule has 0 aliphatic rings. The number of pyridine rings is 1. The van der Waals surface area contributed by atoms with Gasteiger partial charge in [-0.3, -0.25) is 10.8 Å². The van der Waals surface area contributed by atoms with E-state index in [0.29, 0.717) is 5.02 Å². The first kappa shape index (κ1) is 10.6. The molecule has 2 rings (SSSR count). The van der Waals surface area contributed by atoms with Gasteiger partial charge in [-0.15, -0.1) is 0 Å².